The maximum Gasteiger partial charge on any atom is 0.416 e. The van der Waals surface area contributed by atoms with E-state index < -0.39 is 11.7 Å². The molecule has 1 aromatic carbocycles. The molecule has 0 saturated carbocycles. The Morgan fingerprint density at radius 1 is 1.15 bits per heavy atom. The van der Waals surface area contributed by atoms with Gasteiger partial charge >= 0.3 is 6.18 Å². The van der Waals surface area contributed by atoms with Crippen molar-refractivity contribution in [1.82, 2.24) is 4.98 Å². The van der Waals surface area contributed by atoms with Gasteiger partial charge in [-0.25, -0.2) is 4.98 Å². The van der Waals surface area contributed by atoms with Crippen molar-refractivity contribution in [3.8, 4) is 17.4 Å². The number of nitrogens with zero attached hydrogens (tertiary/aromatic N) is 1. The number of nitrogen functional groups attached to an aromatic ring is 1. The molecule has 0 unspecified atom stereocenters. The van der Waals surface area contributed by atoms with Crippen molar-refractivity contribution >= 4 is 5.69 Å². The molecular weight excluding hydrogens is 273 g/mol. The van der Waals surface area contributed by atoms with E-state index in [0.29, 0.717) is 11.4 Å². The third-order valence-corrected chi connectivity index (χ3v) is 2.49. The molecule has 0 spiro atoms. The van der Waals surface area contributed by atoms with Crippen molar-refractivity contribution in [3.63, 3.8) is 0 Å². The summed E-state index contributed by atoms with van der Waals surface area (Å²) in [7, 11) is 1.46. The molecule has 0 saturated heterocycles. The predicted molar refractivity (Wildman–Crippen MR) is 66.7 cm³/mol. The van der Waals surface area contributed by atoms with Crippen LogP contribution in [-0.4, -0.2) is 12.1 Å². The van der Waals surface area contributed by atoms with Crippen LogP contribution in [-0.2, 0) is 6.18 Å². The topological polar surface area (TPSA) is 57.4 Å². The van der Waals surface area contributed by atoms with E-state index in [0.717, 1.165) is 18.3 Å². The summed E-state index contributed by atoms with van der Waals surface area (Å²) in [5.41, 5.74) is 5.17. The minimum Gasteiger partial charge on any atom is -0.495 e. The highest BCUT2D eigenvalue weighted by Gasteiger charge is 2.31. The number of benzene rings is 1. The van der Waals surface area contributed by atoms with Gasteiger partial charge in [0.2, 0.25) is 5.88 Å². The number of methoxy groups -OCH3 is 1. The minimum atomic E-state index is -4.44. The van der Waals surface area contributed by atoms with E-state index >= 15 is 0 Å². The number of halogens is 3. The lowest BCUT2D eigenvalue weighted by molar-refractivity contribution is -0.137. The molecule has 1 heterocycles. The van der Waals surface area contributed by atoms with Crippen LogP contribution in [0.5, 0.6) is 17.4 Å². The average molecular weight is 284 g/mol. The van der Waals surface area contributed by atoms with Crippen LogP contribution >= 0.6 is 0 Å². The minimum absolute atomic E-state index is 0.163. The Balaban J connectivity index is 2.24. The van der Waals surface area contributed by atoms with Gasteiger partial charge in [0.1, 0.15) is 11.5 Å². The molecule has 2 rings (SSSR count). The highest BCUT2D eigenvalue weighted by atomic mass is 19.4. The SMILES string of the molecule is COc1ccc(Oc2cc(C(F)(F)F)ccn2)cc1N. The zero-order valence-corrected chi connectivity index (χ0v) is 10.4. The molecule has 0 bridgehead atoms. The average Bonchev–Trinajstić information content (AvgIpc) is 2.38. The van der Waals surface area contributed by atoms with Gasteiger partial charge < -0.3 is 15.2 Å². The molecule has 0 fully saturated rings. The Hall–Kier alpha value is -2.44. The van der Waals surface area contributed by atoms with Gasteiger partial charge in [-0.1, -0.05) is 0 Å². The first kappa shape index (κ1) is 14.0. The molecule has 4 nitrogen and oxygen atoms in total. The molecule has 7 heteroatoms. The molecule has 0 atom stereocenters. The van der Waals surface area contributed by atoms with Crippen LogP contribution in [0.25, 0.3) is 0 Å². The Labute approximate surface area is 113 Å². The normalized spacial score (nSPS) is 11.2. The molecule has 2 aromatic rings. The van der Waals surface area contributed by atoms with Gasteiger partial charge in [0.15, 0.2) is 0 Å². The molecule has 0 amide bonds. The van der Waals surface area contributed by atoms with Crippen molar-refractivity contribution in [2.45, 2.75) is 6.18 Å². The third-order valence-electron chi connectivity index (χ3n) is 2.49. The second-order valence-corrected chi connectivity index (χ2v) is 3.89. The van der Waals surface area contributed by atoms with E-state index in [2.05, 4.69) is 4.98 Å². The molecule has 2 N–H and O–H groups in total. The smallest absolute Gasteiger partial charge is 0.416 e. The maximum atomic E-state index is 12.5. The first-order chi connectivity index (χ1) is 9.40. The van der Waals surface area contributed by atoms with Crippen LogP contribution in [0.1, 0.15) is 5.56 Å². The van der Waals surface area contributed by atoms with Crippen molar-refractivity contribution in [1.29, 1.82) is 0 Å². The number of anilines is 1. The molecule has 0 radical (unpaired) electrons. The highest BCUT2D eigenvalue weighted by Crippen LogP contribution is 2.33. The Bertz CT molecular complexity index is 615. The summed E-state index contributed by atoms with van der Waals surface area (Å²) in [6.45, 7) is 0. The summed E-state index contributed by atoms with van der Waals surface area (Å²) >= 11 is 0. The largest absolute Gasteiger partial charge is 0.495 e. The van der Waals surface area contributed by atoms with Crippen LogP contribution < -0.4 is 15.2 Å². The van der Waals surface area contributed by atoms with E-state index in [4.69, 9.17) is 15.2 Å². The molecule has 20 heavy (non-hydrogen) atoms. The summed E-state index contributed by atoms with van der Waals surface area (Å²) in [4.78, 5) is 3.73. The van der Waals surface area contributed by atoms with E-state index in [1.807, 2.05) is 0 Å². The zero-order valence-electron chi connectivity index (χ0n) is 10.4. The number of pyridine rings is 1. The van der Waals surface area contributed by atoms with Crippen LogP contribution in [0.2, 0.25) is 0 Å². The van der Waals surface area contributed by atoms with Crippen LogP contribution in [0, 0.1) is 0 Å². The number of rotatable bonds is 3. The number of alkyl halides is 3. The fourth-order valence-corrected chi connectivity index (χ4v) is 1.54. The molecule has 1 aromatic heterocycles. The zero-order chi connectivity index (χ0) is 14.8. The predicted octanol–water partition coefficient (Wildman–Crippen LogP) is 3.48. The van der Waals surface area contributed by atoms with Gasteiger partial charge in [0.05, 0.1) is 18.4 Å². The van der Waals surface area contributed by atoms with Crippen LogP contribution in [0.4, 0.5) is 18.9 Å². The van der Waals surface area contributed by atoms with E-state index in [9.17, 15) is 13.2 Å². The second-order valence-electron chi connectivity index (χ2n) is 3.89. The first-order valence-corrected chi connectivity index (χ1v) is 5.55. The first-order valence-electron chi connectivity index (χ1n) is 5.55. The number of nitrogens with two attached hydrogens (primary N) is 1. The number of aromatic nitrogens is 1. The summed E-state index contributed by atoms with van der Waals surface area (Å²) in [6, 6.07) is 6.21. The monoisotopic (exact) mass is 284 g/mol. The number of hydrogen-bond donors (Lipinski definition) is 1. The fourth-order valence-electron chi connectivity index (χ4n) is 1.54. The van der Waals surface area contributed by atoms with Crippen molar-refractivity contribution in [2.75, 3.05) is 12.8 Å². The third kappa shape index (κ3) is 3.11. The molecule has 0 aliphatic carbocycles. The molecule has 0 aliphatic rings. The van der Waals surface area contributed by atoms with Gasteiger partial charge in [-0.15, -0.1) is 0 Å². The van der Waals surface area contributed by atoms with E-state index in [1.54, 1.807) is 6.07 Å². The summed E-state index contributed by atoms with van der Waals surface area (Å²) in [5, 5.41) is 0. The second kappa shape index (κ2) is 5.28. The number of ether oxygens (including phenoxy) is 2. The Morgan fingerprint density at radius 2 is 1.90 bits per heavy atom. The van der Waals surface area contributed by atoms with E-state index in [1.165, 1.54) is 19.2 Å². The fraction of sp³-hybridized carbons (Fsp3) is 0.154. The van der Waals surface area contributed by atoms with Gasteiger partial charge in [-0.3, -0.25) is 0 Å². The molecule has 0 aliphatic heterocycles. The molecule has 106 valence electrons. The van der Waals surface area contributed by atoms with Gasteiger partial charge in [0, 0.05) is 18.3 Å². The van der Waals surface area contributed by atoms with Gasteiger partial charge in [-0.2, -0.15) is 13.2 Å². The van der Waals surface area contributed by atoms with Gasteiger partial charge in [-0.05, 0) is 18.2 Å². The summed E-state index contributed by atoms with van der Waals surface area (Å²) in [6.07, 6.45) is -3.41. The van der Waals surface area contributed by atoms with E-state index in [-0.39, 0.29) is 11.6 Å². The van der Waals surface area contributed by atoms with Crippen molar-refractivity contribution in [2.24, 2.45) is 0 Å². The van der Waals surface area contributed by atoms with Crippen LogP contribution in [0.15, 0.2) is 36.5 Å². The molecular formula is C13H11F3N2O2. The van der Waals surface area contributed by atoms with Gasteiger partial charge in [0.25, 0.3) is 0 Å². The standard InChI is InChI=1S/C13H11F3N2O2/c1-19-11-3-2-9(7-10(11)17)20-12-6-8(4-5-18-12)13(14,15)16/h2-7H,17H2,1H3. The Morgan fingerprint density at radius 3 is 2.50 bits per heavy atom. The lowest BCUT2D eigenvalue weighted by atomic mass is 10.2. The summed E-state index contributed by atoms with van der Waals surface area (Å²) < 4.78 is 47.9. The lowest BCUT2D eigenvalue weighted by Crippen LogP contribution is -2.05. The van der Waals surface area contributed by atoms with Crippen molar-refractivity contribution in [3.05, 3.63) is 42.1 Å². The van der Waals surface area contributed by atoms with Crippen molar-refractivity contribution < 1.29 is 22.6 Å². The number of hydrogen-bond acceptors (Lipinski definition) is 4. The highest BCUT2D eigenvalue weighted by molar-refractivity contribution is 5.56. The quantitative estimate of drug-likeness (QED) is 0.877. The Kier molecular flexibility index (Phi) is 3.69. The lowest BCUT2D eigenvalue weighted by Gasteiger charge is -2.10. The maximum absolute atomic E-state index is 12.5. The summed E-state index contributed by atoms with van der Waals surface area (Å²) in [5.74, 6) is 0.564. The van der Waals surface area contributed by atoms with Crippen LogP contribution in [0.3, 0.4) is 0 Å².